The highest BCUT2D eigenvalue weighted by atomic mass is 35.5. The van der Waals surface area contributed by atoms with Crippen LogP contribution in [0.3, 0.4) is 0 Å². The Morgan fingerprint density at radius 1 is 1.00 bits per heavy atom. The molecule has 0 amide bonds. The first-order valence-corrected chi connectivity index (χ1v) is 9.54. The van der Waals surface area contributed by atoms with Crippen molar-refractivity contribution in [1.82, 2.24) is 9.97 Å². The lowest BCUT2D eigenvalue weighted by Gasteiger charge is -2.10. The van der Waals surface area contributed by atoms with Gasteiger partial charge in [-0.2, -0.15) is 0 Å². The molecule has 3 aromatic rings. The van der Waals surface area contributed by atoms with E-state index in [1.165, 1.54) is 0 Å². The van der Waals surface area contributed by atoms with Crippen molar-refractivity contribution < 1.29 is 9.47 Å². The highest BCUT2D eigenvalue weighted by molar-refractivity contribution is 6.35. The summed E-state index contributed by atoms with van der Waals surface area (Å²) < 4.78 is 10.8. The van der Waals surface area contributed by atoms with Crippen LogP contribution in [-0.2, 0) is 13.0 Å². The van der Waals surface area contributed by atoms with Crippen molar-refractivity contribution in [3.8, 4) is 22.8 Å². The first kappa shape index (κ1) is 18.8. The van der Waals surface area contributed by atoms with E-state index >= 15 is 0 Å². The molecule has 28 heavy (non-hydrogen) atoms. The Morgan fingerprint density at radius 2 is 1.86 bits per heavy atom. The third kappa shape index (κ3) is 4.14. The number of nitrogens with one attached hydrogen (secondary N) is 1. The molecule has 0 spiro atoms. The number of halogens is 2. The molecule has 0 saturated heterocycles. The number of benzene rings is 2. The fourth-order valence-corrected chi connectivity index (χ4v) is 3.42. The van der Waals surface area contributed by atoms with Crippen molar-refractivity contribution in [2.45, 2.75) is 13.0 Å². The highest BCUT2D eigenvalue weighted by Gasteiger charge is 2.15. The van der Waals surface area contributed by atoms with Gasteiger partial charge < -0.3 is 20.5 Å². The van der Waals surface area contributed by atoms with Crippen LogP contribution in [-0.4, -0.2) is 23.3 Å². The molecule has 2 heterocycles. The number of fused-ring (bicyclic) bond motifs is 1. The standard InChI is InChI=1S/C20H18Cl2N4O2/c21-14-3-1-12(16(22)8-14)5-6-24-20-25-15(10-23)9-17(26-20)13-2-4-18-19(7-13)28-11-27-18/h1-4,7-9H,5-6,10-11,23H2,(H,24,25,26). The van der Waals surface area contributed by atoms with Gasteiger partial charge in [0.25, 0.3) is 0 Å². The first-order chi connectivity index (χ1) is 13.6. The number of anilines is 1. The maximum Gasteiger partial charge on any atom is 0.231 e. The van der Waals surface area contributed by atoms with Gasteiger partial charge in [0.15, 0.2) is 11.5 Å². The van der Waals surface area contributed by atoms with Gasteiger partial charge in [-0.1, -0.05) is 29.3 Å². The van der Waals surface area contributed by atoms with Gasteiger partial charge in [0.1, 0.15) is 0 Å². The third-order valence-corrected chi connectivity index (χ3v) is 4.94. The zero-order valence-electron chi connectivity index (χ0n) is 14.9. The van der Waals surface area contributed by atoms with E-state index in [9.17, 15) is 0 Å². The fraction of sp³-hybridized carbons (Fsp3) is 0.200. The zero-order chi connectivity index (χ0) is 19.5. The monoisotopic (exact) mass is 416 g/mol. The average molecular weight is 417 g/mol. The van der Waals surface area contributed by atoms with Crippen molar-refractivity contribution >= 4 is 29.2 Å². The third-order valence-electron chi connectivity index (χ3n) is 4.35. The van der Waals surface area contributed by atoms with Crippen LogP contribution in [0.2, 0.25) is 10.0 Å². The normalized spacial score (nSPS) is 12.2. The summed E-state index contributed by atoms with van der Waals surface area (Å²) in [7, 11) is 0. The van der Waals surface area contributed by atoms with Crippen molar-refractivity contribution in [2.75, 3.05) is 18.7 Å². The van der Waals surface area contributed by atoms with E-state index in [0.29, 0.717) is 41.3 Å². The lowest BCUT2D eigenvalue weighted by Crippen LogP contribution is -2.11. The number of nitrogens with two attached hydrogens (primary N) is 1. The van der Waals surface area contributed by atoms with Crippen LogP contribution in [0.1, 0.15) is 11.3 Å². The molecular weight excluding hydrogens is 399 g/mol. The van der Waals surface area contributed by atoms with E-state index in [1.807, 2.05) is 36.4 Å². The molecule has 6 nitrogen and oxygen atoms in total. The van der Waals surface area contributed by atoms with E-state index in [0.717, 1.165) is 28.3 Å². The molecule has 8 heteroatoms. The van der Waals surface area contributed by atoms with Crippen LogP contribution in [0.4, 0.5) is 5.95 Å². The lowest BCUT2D eigenvalue weighted by molar-refractivity contribution is 0.174. The molecule has 0 fully saturated rings. The molecule has 2 aromatic carbocycles. The Balaban J connectivity index is 1.52. The minimum atomic E-state index is 0.233. The van der Waals surface area contributed by atoms with Gasteiger partial charge in [0.2, 0.25) is 12.7 Å². The molecular formula is C20H18Cl2N4O2. The molecule has 1 aromatic heterocycles. The predicted octanol–water partition coefficient (Wildman–Crippen LogP) is 4.29. The van der Waals surface area contributed by atoms with Gasteiger partial charge in [-0.25, -0.2) is 9.97 Å². The second kappa shape index (κ2) is 8.22. The van der Waals surface area contributed by atoms with Crippen LogP contribution in [0.5, 0.6) is 11.5 Å². The Hall–Kier alpha value is -2.54. The van der Waals surface area contributed by atoms with E-state index < -0.39 is 0 Å². The van der Waals surface area contributed by atoms with E-state index in [1.54, 1.807) is 6.07 Å². The van der Waals surface area contributed by atoms with Crippen LogP contribution < -0.4 is 20.5 Å². The van der Waals surface area contributed by atoms with Crippen molar-refractivity contribution in [3.05, 3.63) is 63.8 Å². The van der Waals surface area contributed by atoms with Crippen LogP contribution in [0.25, 0.3) is 11.3 Å². The second-order valence-corrected chi connectivity index (χ2v) is 7.10. The Morgan fingerprint density at radius 3 is 2.68 bits per heavy atom. The topological polar surface area (TPSA) is 82.3 Å². The summed E-state index contributed by atoms with van der Waals surface area (Å²) in [5.41, 5.74) is 9.24. The fourth-order valence-electron chi connectivity index (χ4n) is 2.92. The Bertz CT molecular complexity index is 1010. The van der Waals surface area contributed by atoms with E-state index in [2.05, 4.69) is 15.3 Å². The maximum absolute atomic E-state index is 6.23. The van der Waals surface area contributed by atoms with Crippen molar-refractivity contribution in [3.63, 3.8) is 0 Å². The largest absolute Gasteiger partial charge is 0.454 e. The predicted molar refractivity (Wildman–Crippen MR) is 110 cm³/mol. The molecule has 144 valence electrons. The van der Waals surface area contributed by atoms with Crippen molar-refractivity contribution in [1.29, 1.82) is 0 Å². The number of nitrogens with zero attached hydrogens (tertiary/aromatic N) is 2. The van der Waals surface area contributed by atoms with Gasteiger partial charge in [-0.05, 0) is 48.4 Å². The minimum absolute atomic E-state index is 0.233. The van der Waals surface area contributed by atoms with Crippen LogP contribution in [0.15, 0.2) is 42.5 Å². The molecule has 4 rings (SSSR count). The number of rotatable bonds is 6. The van der Waals surface area contributed by atoms with Crippen LogP contribution >= 0.6 is 23.2 Å². The quantitative estimate of drug-likeness (QED) is 0.623. The molecule has 0 atom stereocenters. The van der Waals surface area contributed by atoms with Gasteiger partial charge in [-0.15, -0.1) is 0 Å². The maximum atomic E-state index is 6.23. The summed E-state index contributed by atoms with van der Waals surface area (Å²) in [6, 6.07) is 13.1. The van der Waals surface area contributed by atoms with Gasteiger partial charge >= 0.3 is 0 Å². The molecule has 0 bridgehead atoms. The molecule has 0 aliphatic carbocycles. The van der Waals surface area contributed by atoms with Crippen LogP contribution in [0, 0.1) is 0 Å². The van der Waals surface area contributed by atoms with Crippen molar-refractivity contribution in [2.24, 2.45) is 5.73 Å². The lowest BCUT2D eigenvalue weighted by atomic mass is 10.1. The summed E-state index contributed by atoms with van der Waals surface area (Å²) >= 11 is 12.2. The molecule has 0 saturated carbocycles. The summed E-state index contributed by atoms with van der Waals surface area (Å²) in [5.74, 6) is 1.95. The molecule has 0 unspecified atom stereocenters. The number of aromatic nitrogens is 2. The summed E-state index contributed by atoms with van der Waals surface area (Å²) in [6.45, 7) is 1.17. The number of hydrogen-bond donors (Lipinski definition) is 2. The summed E-state index contributed by atoms with van der Waals surface area (Å²) in [5, 5.41) is 4.51. The van der Waals surface area contributed by atoms with Gasteiger partial charge in [-0.3, -0.25) is 0 Å². The number of ether oxygens (including phenoxy) is 2. The Kier molecular flexibility index (Phi) is 5.52. The van der Waals surface area contributed by atoms with Gasteiger partial charge in [0, 0.05) is 28.7 Å². The molecule has 0 radical (unpaired) electrons. The number of hydrogen-bond acceptors (Lipinski definition) is 6. The van der Waals surface area contributed by atoms with Gasteiger partial charge in [0.05, 0.1) is 11.4 Å². The second-order valence-electron chi connectivity index (χ2n) is 6.25. The molecule has 1 aliphatic heterocycles. The minimum Gasteiger partial charge on any atom is -0.454 e. The summed E-state index contributed by atoms with van der Waals surface area (Å²) in [4.78, 5) is 9.08. The first-order valence-electron chi connectivity index (χ1n) is 8.78. The summed E-state index contributed by atoms with van der Waals surface area (Å²) in [6.07, 6.45) is 0.714. The highest BCUT2D eigenvalue weighted by Crippen LogP contribution is 2.35. The average Bonchev–Trinajstić information content (AvgIpc) is 3.17. The zero-order valence-corrected chi connectivity index (χ0v) is 16.4. The van der Waals surface area contributed by atoms with E-state index in [4.69, 9.17) is 38.4 Å². The molecule has 1 aliphatic rings. The SMILES string of the molecule is NCc1cc(-c2ccc3c(c2)OCO3)nc(NCCc2ccc(Cl)cc2Cl)n1. The molecule has 3 N–H and O–H groups in total. The Labute approximate surface area is 172 Å². The smallest absolute Gasteiger partial charge is 0.231 e. The van der Waals surface area contributed by atoms with E-state index in [-0.39, 0.29) is 6.79 Å².